The molecule has 1 aliphatic heterocycles. The van der Waals surface area contributed by atoms with E-state index < -0.39 is 0 Å². The lowest BCUT2D eigenvalue weighted by atomic mass is 9.77. The predicted octanol–water partition coefficient (Wildman–Crippen LogP) is 2.36. The molecule has 0 amide bonds. The number of benzene rings is 1. The van der Waals surface area contributed by atoms with E-state index in [2.05, 4.69) is 46.6 Å². The Bertz CT molecular complexity index is 613. The minimum atomic E-state index is -0.130. The van der Waals surface area contributed by atoms with Crippen LogP contribution in [0.25, 0.3) is 0 Å². The summed E-state index contributed by atoms with van der Waals surface area (Å²) in [5.41, 5.74) is 2.62. The monoisotopic (exact) mass is 255 g/mol. The topological polar surface area (TPSA) is 51.0 Å². The van der Waals surface area contributed by atoms with E-state index in [4.69, 9.17) is 4.52 Å². The molecule has 0 bridgehead atoms. The van der Waals surface area contributed by atoms with Crippen LogP contribution in [0.2, 0.25) is 0 Å². The summed E-state index contributed by atoms with van der Waals surface area (Å²) in [6.07, 6.45) is 3.26. The highest BCUT2D eigenvalue weighted by atomic mass is 16.5. The first-order chi connectivity index (χ1) is 9.26. The molecule has 1 N–H and O–H groups in total. The van der Waals surface area contributed by atoms with Gasteiger partial charge in [-0.25, -0.2) is 0 Å². The van der Waals surface area contributed by atoms with E-state index in [1.165, 1.54) is 17.5 Å². The third kappa shape index (κ3) is 1.63. The number of rotatable bonds is 2. The first-order valence-electron chi connectivity index (χ1n) is 6.93. The molecule has 1 aliphatic carbocycles. The van der Waals surface area contributed by atoms with Gasteiger partial charge < -0.3 is 9.84 Å². The van der Waals surface area contributed by atoms with Crippen molar-refractivity contribution in [2.75, 3.05) is 6.54 Å². The van der Waals surface area contributed by atoms with Crippen LogP contribution in [-0.4, -0.2) is 16.7 Å². The number of fused-ring (bicyclic) bond motifs is 1. The van der Waals surface area contributed by atoms with Crippen molar-refractivity contribution in [2.24, 2.45) is 0 Å². The first-order valence-corrected chi connectivity index (χ1v) is 6.93. The Morgan fingerprint density at radius 1 is 1.37 bits per heavy atom. The zero-order chi connectivity index (χ0) is 12.9. The van der Waals surface area contributed by atoms with Crippen molar-refractivity contribution in [2.45, 2.75) is 37.6 Å². The third-order valence-corrected chi connectivity index (χ3v) is 4.45. The molecule has 1 aromatic carbocycles. The summed E-state index contributed by atoms with van der Waals surface area (Å²) in [4.78, 5) is 4.64. The van der Waals surface area contributed by atoms with Crippen LogP contribution in [0.15, 0.2) is 28.8 Å². The van der Waals surface area contributed by atoms with Crippen LogP contribution in [0, 0.1) is 0 Å². The highest BCUT2D eigenvalue weighted by Gasteiger charge is 2.38. The van der Waals surface area contributed by atoms with Gasteiger partial charge in [0.15, 0.2) is 5.82 Å². The van der Waals surface area contributed by atoms with Crippen LogP contribution in [0.1, 0.15) is 48.5 Å². The van der Waals surface area contributed by atoms with E-state index in [-0.39, 0.29) is 5.54 Å². The van der Waals surface area contributed by atoms with Gasteiger partial charge >= 0.3 is 0 Å². The summed E-state index contributed by atoms with van der Waals surface area (Å²) in [7, 11) is 0. The molecule has 98 valence electrons. The van der Waals surface area contributed by atoms with Crippen molar-refractivity contribution in [1.29, 1.82) is 0 Å². The van der Waals surface area contributed by atoms with Gasteiger partial charge in [-0.3, -0.25) is 0 Å². The van der Waals surface area contributed by atoms with E-state index >= 15 is 0 Å². The van der Waals surface area contributed by atoms with Crippen LogP contribution < -0.4 is 5.32 Å². The minimum Gasteiger partial charge on any atom is -0.337 e. The molecule has 4 nitrogen and oxygen atoms in total. The molecule has 0 radical (unpaired) electrons. The smallest absolute Gasteiger partial charge is 0.246 e. The normalized spacial score (nSPS) is 29.0. The van der Waals surface area contributed by atoms with Crippen LogP contribution >= 0.6 is 0 Å². The minimum absolute atomic E-state index is 0.130. The molecule has 0 saturated carbocycles. The fraction of sp³-hybridized carbons (Fsp3) is 0.467. The Kier molecular flexibility index (Phi) is 2.30. The standard InChI is InChI=1S/C15H17N3O/c1-15(7-4-8-16-15)14-17-13(18-19-14)12-9-10-5-2-3-6-11(10)12/h2-3,5-6,12,16H,4,7-9H2,1H3. The zero-order valence-electron chi connectivity index (χ0n) is 11.0. The van der Waals surface area contributed by atoms with Crippen LogP contribution in [0.3, 0.4) is 0 Å². The van der Waals surface area contributed by atoms with E-state index in [0.717, 1.165) is 31.1 Å². The van der Waals surface area contributed by atoms with Gasteiger partial charge in [0.2, 0.25) is 5.89 Å². The Labute approximate surface area is 112 Å². The summed E-state index contributed by atoms with van der Waals surface area (Å²) in [5.74, 6) is 1.90. The summed E-state index contributed by atoms with van der Waals surface area (Å²) in [6.45, 7) is 3.17. The molecule has 2 unspecified atom stereocenters. The van der Waals surface area contributed by atoms with Gasteiger partial charge in [-0.05, 0) is 43.9 Å². The second-order valence-electron chi connectivity index (χ2n) is 5.78. The van der Waals surface area contributed by atoms with Gasteiger partial charge in [0.25, 0.3) is 0 Å². The lowest BCUT2D eigenvalue weighted by Crippen LogP contribution is -2.33. The number of aromatic nitrogens is 2. The van der Waals surface area contributed by atoms with Gasteiger partial charge in [-0.15, -0.1) is 0 Å². The fourth-order valence-corrected chi connectivity index (χ4v) is 3.17. The third-order valence-electron chi connectivity index (χ3n) is 4.45. The van der Waals surface area contributed by atoms with Crippen LogP contribution in [-0.2, 0) is 12.0 Å². The molecule has 2 atom stereocenters. The lowest BCUT2D eigenvalue weighted by Gasteiger charge is -2.27. The molecule has 1 saturated heterocycles. The first kappa shape index (κ1) is 11.2. The second kappa shape index (κ2) is 3.90. The highest BCUT2D eigenvalue weighted by Crippen LogP contribution is 2.39. The number of hydrogen-bond donors (Lipinski definition) is 1. The van der Waals surface area contributed by atoms with Gasteiger partial charge in [-0.2, -0.15) is 4.98 Å². The van der Waals surface area contributed by atoms with Gasteiger partial charge in [-0.1, -0.05) is 29.4 Å². The molecule has 2 aromatic rings. The quantitative estimate of drug-likeness (QED) is 0.895. The molecule has 4 heteroatoms. The van der Waals surface area contributed by atoms with Crippen LogP contribution in [0.5, 0.6) is 0 Å². The highest BCUT2D eigenvalue weighted by molar-refractivity contribution is 5.43. The van der Waals surface area contributed by atoms with E-state index in [0.29, 0.717) is 5.92 Å². The molecule has 4 rings (SSSR count). The van der Waals surface area contributed by atoms with Crippen molar-refractivity contribution in [3.63, 3.8) is 0 Å². The molecule has 0 spiro atoms. The SMILES string of the molecule is CC1(c2nc(C3Cc4ccccc43)no2)CCCN1. The summed E-state index contributed by atoms with van der Waals surface area (Å²) < 4.78 is 5.50. The molecular formula is C15H17N3O. The molecule has 2 aliphatic rings. The Morgan fingerprint density at radius 3 is 3.05 bits per heavy atom. The molecule has 1 fully saturated rings. The number of nitrogens with zero attached hydrogens (tertiary/aromatic N) is 2. The van der Waals surface area contributed by atoms with Crippen molar-refractivity contribution in [3.8, 4) is 0 Å². The summed E-state index contributed by atoms with van der Waals surface area (Å²) >= 11 is 0. The molecular weight excluding hydrogens is 238 g/mol. The summed E-state index contributed by atoms with van der Waals surface area (Å²) in [6, 6.07) is 8.49. The molecule has 19 heavy (non-hydrogen) atoms. The Morgan fingerprint density at radius 2 is 2.26 bits per heavy atom. The predicted molar refractivity (Wildman–Crippen MR) is 70.9 cm³/mol. The van der Waals surface area contributed by atoms with Crippen LogP contribution in [0.4, 0.5) is 0 Å². The summed E-state index contributed by atoms with van der Waals surface area (Å²) in [5, 5.41) is 7.66. The van der Waals surface area contributed by atoms with E-state index in [1.54, 1.807) is 0 Å². The Hall–Kier alpha value is -1.68. The largest absolute Gasteiger partial charge is 0.337 e. The zero-order valence-corrected chi connectivity index (χ0v) is 11.0. The molecule has 2 heterocycles. The van der Waals surface area contributed by atoms with Crippen molar-refractivity contribution in [1.82, 2.24) is 15.5 Å². The number of nitrogens with one attached hydrogen (secondary N) is 1. The number of hydrogen-bond acceptors (Lipinski definition) is 4. The van der Waals surface area contributed by atoms with Crippen molar-refractivity contribution in [3.05, 3.63) is 47.1 Å². The van der Waals surface area contributed by atoms with Gasteiger partial charge in [0.05, 0.1) is 11.5 Å². The Balaban J connectivity index is 1.63. The maximum absolute atomic E-state index is 5.50. The van der Waals surface area contributed by atoms with Crippen molar-refractivity contribution >= 4 is 0 Å². The average molecular weight is 255 g/mol. The van der Waals surface area contributed by atoms with E-state index in [9.17, 15) is 0 Å². The lowest BCUT2D eigenvalue weighted by molar-refractivity contribution is 0.273. The van der Waals surface area contributed by atoms with E-state index in [1.807, 2.05) is 0 Å². The second-order valence-corrected chi connectivity index (χ2v) is 5.78. The maximum atomic E-state index is 5.50. The fourth-order valence-electron chi connectivity index (χ4n) is 3.17. The van der Waals surface area contributed by atoms with Crippen molar-refractivity contribution < 1.29 is 4.52 Å². The van der Waals surface area contributed by atoms with Gasteiger partial charge in [0, 0.05) is 0 Å². The molecule has 1 aromatic heterocycles. The van der Waals surface area contributed by atoms with Gasteiger partial charge in [0.1, 0.15) is 0 Å². The maximum Gasteiger partial charge on any atom is 0.246 e. The average Bonchev–Trinajstić information content (AvgIpc) is 3.01.